The van der Waals surface area contributed by atoms with Crippen molar-refractivity contribution in [1.82, 2.24) is 16.0 Å². The predicted molar refractivity (Wildman–Crippen MR) is 42.4 cm³/mol. The standard InChI is InChI=1S/C6H12N4O2/c7-5-4(8-1-2-11)6(12)10-3-9-5/h8-9,11H,1-3,7H2,(H,10,12). The Morgan fingerprint density at radius 2 is 2.33 bits per heavy atom. The fourth-order valence-electron chi connectivity index (χ4n) is 0.875. The summed E-state index contributed by atoms with van der Waals surface area (Å²) in [4.78, 5) is 11.1. The molecule has 1 aliphatic rings. The Kier molecular flexibility index (Phi) is 2.76. The minimum Gasteiger partial charge on any atom is -0.395 e. The molecule has 6 N–H and O–H groups in total. The third-order valence-corrected chi connectivity index (χ3v) is 1.44. The summed E-state index contributed by atoms with van der Waals surface area (Å²) in [6.45, 7) is 0.615. The second-order valence-electron chi connectivity index (χ2n) is 2.30. The Balaban J connectivity index is 2.61. The molecule has 12 heavy (non-hydrogen) atoms. The van der Waals surface area contributed by atoms with Gasteiger partial charge in [-0.3, -0.25) is 4.79 Å². The number of carbonyl (C=O) groups excluding carboxylic acids is 1. The second kappa shape index (κ2) is 3.82. The maximum atomic E-state index is 11.1. The second-order valence-corrected chi connectivity index (χ2v) is 2.30. The lowest BCUT2D eigenvalue weighted by Crippen LogP contribution is -2.47. The van der Waals surface area contributed by atoms with Crippen LogP contribution in [-0.2, 0) is 4.79 Å². The van der Waals surface area contributed by atoms with E-state index in [0.717, 1.165) is 0 Å². The van der Waals surface area contributed by atoms with E-state index >= 15 is 0 Å². The molecule has 0 fully saturated rings. The first kappa shape index (κ1) is 8.66. The molecule has 1 rings (SSSR count). The van der Waals surface area contributed by atoms with Crippen molar-refractivity contribution >= 4 is 5.91 Å². The molecular weight excluding hydrogens is 160 g/mol. The van der Waals surface area contributed by atoms with E-state index in [-0.39, 0.29) is 18.2 Å². The first-order valence-corrected chi connectivity index (χ1v) is 3.62. The minimum absolute atomic E-state index is 0.0376. The molecule has 68 valence electrons. The molecule has 0 aromatic rings. The van der Waals surface area contributed by atoms with Crippen LogP contribution in [0.4, 0.5) is 0 Å². The van der Waals surface area contributed by atoms with Crippen LogP contribution in [0.1, 0.15) is 0 Å². The first-order valence-electron chi connectivity index (χ1n) is 3.62. The molecule has 0 aromatic heterocycles. The van der Waals surface area contributed by atoms with Crippen LogP contribution in [0.15, 0.2) is 11.5 Å². The number of aliphatic hydroxyl groups is 1. The molecule has 0 saturated heterocycles. The summed E-state index contributed by atoms with van der Waals surface area (Å²) in [6, 6.07) is 0. The number of hydrogen-bond acceptors (Lipinski definition) is 5. The highest BCUT2D eigenvalue weighted by Gasteiger charge is 2.16. The van der Waals surface area contributed by atoms with Crippen LogP contribution < -0.4 is 21.7 Å². The topological polar surface area (TPSA) is 99.4 Å². The lowest BCUT2D eigenvalue weighted by atomic mass is 10.3. The summed E-state index contributed by atoms with van der Waals surface area (Å²) in [7, 11) is 0. The van der Waals surface area contributed by atoms with Gasteiger partial charge in [-0.25, -0.2) is 0 Å². The monoisotopic (exact) mass is 172 g/mol. The fourth-order valence-corrected chi connectivity index (χ4v) is 0.875. The van der Waals surface area contributed by atoms with Crippen LogP contribution in [0.25, 0.3) is 0 Å². The Morgan fingerprint density at radius 1 is 1.58 bits per heavy atom. The molecule has 0 bridgehead atoms. The van der Waals surface area contributed by atoms with Gasteiger partial charge in [0, 0.05) is 6.54 Å². The van der Waals surface area contributed by atoms with Gasteiger partial charge >= 0.3 is 0 Å². The Hall–Kier alpha value is -1.43. The van der Waals surface area contributed by atoms with Crippen LogP contribution in [0.2, 0.25) is 0 Å². The average molecular weight is 172 g/mol. The zero-order valence-electron chi connectivity index (χ0n) is 6.55. The molecule has 0 aliphatic carbocycles. The third kappa shape index (κ3) is 1.79. The predicted octanol–water partition coefficient (Wildman–Crippen LogP) is -2.63. The van der Waals surface area contributed by atoms with Crippen molar-refractivity contribution in [3.05, 3.63) is 11.5 Å². The number of amides is 1. The molecule has 1 heterocycles. The molecule has 1 aliphatic heterocycles. The number of hydrogen-bond donors (Lipinski definition) is 5. The summed E-state index contributed by atoms with van der Waals surface area (Å²) in [5.41, 5.74) is 5.76. The number of rotatable bonds is 3. The number of nitrogens with one attached hydrogen (secondary N) is 3. The van der Waals surface area contributed by atoms with Gasteiger partial charge in [0.15, 0.2) is 0 Å². The first-order chi connectivity index (χ1) is 5.75. The molecule has 0 saturated carbocycles. The van der Waals surface area contributed by atoms with Crippen LogP contribution in [0.3, 0.4) is 0 Å². The summed E-state index contributed by atoms with van der Waals surface area (Å²) in [5.74, 6) is 0.0619. The Morgan fingerprint density at radius 3 is 2.92 bits per heavy atom. The highest BCUT2D eigenvalue weighted by Crippen LogP contribution is 1.95. The van der Waals surface area contributed by atoms with E-state index < -0.39 is 0 Å². The van der Waals surface area contributed by atoms with Gasteiger partial charge in [-0.1, -0.05) is 0 Å². The molecule has 0 aromatic carbocycles. The van der Waals surface area contributed by atoms with Crippen molar-refractivity contribution in [3.8, 4) is 0 Å². The largest absolute Gasteiger partial charge is 0.395 e. The van der Waals surface area contributed by atoms with Gasteiger partial charge in [-0.05, 0) is 0 Å². The van der Waals surface area contributed by atoms with E-state index in [1.807, 2.05) is 0 Å². The van der Waals surface area contributed by atoms with E-state index in [9.17, 15) is 4.79 Å². The number of carbonyl (C=O) groups is 1. The quantitative estimate of drug-likeness (QED) is 0.321. The Labute approximate surface area is 69.8 Å². The van der Waals surface area contributed by atoms with Gasteiger partial charge < -0.3 is 26.8 Å². The van der Waals surface area contributed by atoms with E-state index in [0.29, 0.717) is 19.0 Å². The lowest BCUT2D eigenvalue weighted by Gasteiger charge is -2.19. The third-order valence-electron chi connectivity index (χ3n) is 1.44. The highest BCUT2D eigenvalue weighted by atomic mass is 16.3. The SMILES string of the molecule is NC1=C(NCCO)C(=O)NCN1. The number of nitrogens with two attached hydrogens (primary N) is 1. The van der Waals surface area contributed by atoms with Gasteiger partial charge in [0.05, 0.1) is 13.3 Å². The lowest BCUT2D eigenvalue weighted by molar-refractivity contribution is -0.118. The van der Waals surface area contributed by atoms with Crippen LogP contribution in [0.5, 0.6) is 0 Å². The zero-order chi connectivity index (χ0) is 8.97. The summed E-state index contributed by atoms with van der Waals surface area (Å²) in [5, 5.41) is 16.5. The summed E-state index contributed by atoms with van der Waals surface area (Å²) in [6.07, 6.45) is 0. The molecule has 0 spiro atoms. The molecule has 0 atom stereocenters. The zero-order valence-corrected chi connectivity index (χ0v) is 6.55. The molecule has 0 unspecified atom stereocenters. The summed E-state index contributed by atoms with van der Waals surface area (Å²) >= 11 is 0. The Bertz CT molecular complexity index is 214. The van der Waals surface area contributed by atoms with Crippen LogP contribution >= 0.6 is 0 Å². The van der Waals surface area contributed by atoms with Gasteiger partial charge in [-0.15, -0.1) is 0 Å². The average Bonchev–Trinajstić information content (AvgIpc) is 2.04. The van der Waals surface area contributed by atoms with Gasteiger partial charge in [0.1, 0.15) is 11.5 Å². The minimum atomic E-state index is -0.250. The van der Waals surface area contributed by atoms with Crippen molar-refractivity contribution in [2.75, 3.05) is 19.8 Å². The van der Waals surface area contributed by atoms with E-state index in [1.165, 1.54) is 0 Å². The van der Waals surface area contributed by atoms with Crippen molar-refractivity contribution in [3.63, 3.8) is 0 Å². The van der Waals surface area contributed by atoms with Crippen molar-refractivity contribution in [2.45, 2.75) is 0 Å². The van der Waals surface area contributed by atoms with E-state index in [2.05, 4.69) is 16.0 Å². The fraction of sp³-hybridized carbons (Fsp3) is 0.500. The van der Waals surface area contributed by atoms with Gasteiger partial charge in [0.25, 0.3) is 5.91 Å². The molecule has 0 radical (unpaired) electrons. The maximum Gasteiger partial charge on any atom is 0.272 e. The molecular formula is C6H12N4O2. The number of aliphatic hydroxyl groups excluding tert-OH is 1. The highest BCUT2D eigenvalue weighted by molar-refractivity contribution is 5.94. The van der Waals surface area contributed by atoms with Crippen molar-refractivity contribution < 1.29 is 9.90 Å². The van der Waals surface area contributed by atoms with Crippen LogP contribution in [0, 0.1) is 0 Å². The van der Waals surface area contributed by atoms with Gasteiger partial charge in [0.2, 0.25) is 0 Å². The summed E-state index contributed by atoms with van der Waals surface area (Å²) < 4.78 is 0. The van der Waals surface area contributed by atoms with Gasteiger partial charge in [-0.2, -0.15) is 0 Å². The van der Waals surface area contributed by atoms with E-state index in [4.69, 9.17) is 10.8 Å². The van der Waals surface area contributed by atoms with Crippen LogP contribution in [-0.4, -0.2) is 30.8 Å². The molecule has 6 nitrogen and oxygen atoms in total. The normalized spacial score (nSPS) is 16.9. The van der Waals surface area contributed by atoms with Crippen molar-refractivity contribution in [2.24, 2.45) is 5.73 Å². The van der Waals surface area contributed by atoms with Crippen molar-refractivity contribution in [1.29, 1.82) is 0 Å². The molecule has 1 amide bonds. The maximum absolute atomic E-state index is 11.1. The van der Waals surface area contributed by atoms with E-state index in [1.54, 1.807) is 0 Å². The molecule has 6 heteroatoms. The smallest absolute Gasteiger partial charge is 0.272 e.